The summed E-state index contributed by atoms with van der Waals surface area (Å²) in [5.41, 5.74) is -1.52. The first-order valence-corrected chi connectivity index (χ1v) is 5.22. The molecule has 1 aliphatic rings. The molecule has 12 heavy (non-hydrogen) atoms. The molecule has 1 saturated heterocycles. The molecule has 1 heterocycles. The molecule has 0 N–H and O–H groups in total. The molecule has 72 valence electrons. The lowest BCUT2D eigenvalue weighted by molar-refractivity contribution is -0.0118. The smallest absolute Gasteiger partial charge is 0.239 e. The summed E-state index contributed by atoms with van der Waals surface area (Å²) in [7, 11) is -3.77. The van der Waals surface area contributed by atoms with Gasteiger partial charge in [-0.1, -0.05) is 6.92 Å². The Kier molecular flexibility index (Phi) is 2.02. The van der Waals surface area contributed by atoms with Gasteiger partial charge in [-0.25, -0.2) is 8.37 Å². The summed E-state index contributed by atoms with van der Waals surface area (Å²) >= 11 is 0. The maximum Gasteiger partial charge on any atom is 0.401 e. The zero-order valence-corrected chi connectivity index (χ0v) is 8.56. The highest BCUT2D eigenvalue weighted by molar-refractivity contribution is 7.82. The van der Waals surface area contributed by atoms with Gasteiger partial charge in [0.15, 0.2) is 0 Å². The molecule has 1 unspecified atom stereocenters. The van der Waals surface area contributed by atoms with Crippen molar-refractivity contribution in [2.45, 2.75) is 45.3 Å². The Labute approximate surface area is 73.2 Å². The topological polar surface area (TPSA) is 52.6 Å². The van der Waals surface area contributed by atoms with Gasteiger partial charge in [0.1, 0.15) is 11.2 Å². The van der Waals surface area contributed by atoms with Crippen LogP contribution in [0, 0.1) is 0 Å². The van der Waals surface area contributed by atoms with E-state index in [0.29, 0.717) is 6.42 Å². The average molecular weight is 194 g/mol. The molecule has 4 nitrogen and oxygen atoms in total. The number of hydrogen-bond acceptors (Lipinski definition) is 4. The van der Waals surface area contributed by atoms with E-state index < -0.39 is 21.6 Å². The third-order valence-corrected chi connectivity index (χ3v) is 3.74. The van der Waals surface area contributed by atoms with E-state index in [9.17, 15) is 8.42 Å². The van der Waals surface area contributed by atoms with Gasteiger partial charge in [0.05, 0.1) is 0 Å². The molecule has 1 atom stereocenters. The Hall–Kier alpha value is -0.130. The molecule has 1 rings (SSSR count). The van der Waals surface area contributed by atoms with Crippen molar-refractivity contribution in [2.24, 2.45) is 0 Å². The van der Waals surface area contributed by atoms with Crippen LogP contribution in [0.25, 0.3) is 0 Å². The second-order valence-corrected chi connectivity index (χ2v) is 4.82. The van der Waals surface area contributed by atoms with E-state index in [1.807, 2.05) is 6.92 Å². The summed E-state index contributed by atoms with van der Waals surface area (Å²) in [5.74, 6) is 0. The Morgan fingerprint density at radius 3 is 1.83 bits per heavy atom. The highest BCUT2D eigenvalue weighted by Crippen LogP contribution is 2.41. The Bertz CT molecular complexity index is 280. The summed E-state index contributed by atoms with van der Waals surface area (Å²) in [6.45, 7) is 7.02. The van der Waals surface area contributed by atoms with Crippen molar-refractivity contribution in [1.29, 1.82) is 0 Å². The Morgan fingerprint density at radius 1 is 1.17 bits per heavy atom. The predicted molar refractivity (Wildman–Crippen MR) is 43.9 cm³/mol. The molecule has 0 aliphatic carbocycles. The first-order valence-electron chi connectivity index (χ1n) is 3.89. The fourth-order valence-electron chi connectivity index (χ4n) is 1.17. The molecule has 0 aromatic rings. The summed E-state index contributed by atoms with van der Waals surface area (Å²) in [4.78, 5) is 0. The van der Waals surface area contributed by atoms with E-state index in [1.54, 1.807) is 20.8 Å². The van der Waals surface area contributed by atoms with Crippen LogP contribution < -0.4 is 0 Å². The van der Waals surface area contributed by atoms with Gasteiger partial charge in [0.25, 0.3) is 0 Å². The monoisotopic (exact) mass is 194 g/mol. The van der Waals surface area contributed by atoms with Crippen LogP contribution in [-0.2, 0) is 18.8 Å². The van der Waals surface area contributed by atoms with E-state index in [1.165, 1.54) is 0 Å². The second kappa shape index (κ2) is 2.43. The van der Waals surface area contributed by atoms with Crippen molar-refractivity contribution >= 4 is 10.4 Å². The van der Waals surface area contributed by atoms with Crippen LogP contribution in [-0.4, -0.2) is 19.6 Å². The van der Waals surface area contributed by atoms with Crippen LogP contribution in [0.5, 0.6) is 0 Å². The highest BCUT2D eigenvalue weighted by Gasteiger charge is 2.54. The molecule has 0 amide bonds. The lowest BCUT2D eigenvalue weighted by Crippen LogP contribution is -2.44. The maximum atomic E-state index is 11.0. The quantitative estimate of drug-likeness (QED) is 0.630. The minimum atomic E-state index is -3.77. The summed E-state index contributed by atoms with van der Waals surface area (Å²) < 4.78 is 31.6. The zero-order valence-electron chi connectivity index (χ0n) is 7.75. The molecular weight excluding hydrogens is 180 g/mol. The molecule has 1 aliphatic heterocycles. The lowest BCUT2D eigenvalue weighted by Gasteiger charge is -2.30. The second-order valence-electron chi connectivity index (χ2n) is 3.67. The van der Waals surface area contributed by atoms with Crippen LogP contribution in [0.15, 0.2) is 0 Å². The lowest BCUT2D eigenvalue weighted by atomic mass is 9.86. The van der Waals surface area contributed by atoms with Gasteiger partial charge >= 0.3 is 10.4 Å². The normalized spacial score (nSPS) is 38.3. The van der Waals surface area contributed by atoms with E-state index in [4.69, 9.17) is 8.37 Å². The van der Waals surface area contributed by atoms with Crippen molar-refractivity contribution in [1.82, 2.24) is 0 Å². The zero-order chi connectivity index (χ0) is 9.62. The van der Waals surface area contributed by atoms with Gasteiger partial charge < -0.3 is 0 Å². The third kappa shape index (κ3) is 1.36. The van der Waals surface area contributed by atoms with E-state index >= 15 is 0 Å². The van der Waals surface area contributed by atoms with Gasteiger partial charge in [-0.2, -0.15) is 8.42 Å². The van der Waals surface area contributed by atoms with Gasteiger partial charge in [0, 0.05) is 0 Å². The standard InChI is InChI=1S/C7H14O4S/c1-5-7(4)6(2,3)10-12(8,9)11-7/h5H2,1-4H3. The predicted octanol–water partition coefficient (Wildman–Crippen LogP) is 1.23. The first kappa shape index (κ1) is 9.95. The minimum absolute atomic E-state index is 0.596. The van der Waals surface area contributed by atoms with Crippen LogP contribution >= 0.6 is 0 Å². The van der Waals surface area contributed by atoms with Gasteiger partial charge in [0.2, 0.25) is 0 Å². The fraction of sp³-hybridized carbons (Fsp3) is 1.00. The van der Waals surface area contributed by atoms with Gasteiger partial charge in [-0.3, -0.25) is 0 Å². The van der Waals surface area contributed by atoms with Gasteiger partial charge in [-0.05, 0) is 27.2 Å². The largest absolute Gasteiger partial charge is 0.401 e. The van der Waals surface area contributed by atoms with E-state index in [2.05, 4.69) is 0 Å². The minimum Gasteiger partial charge on any atom is -0.239 e. The fourth-order valence-corrected chi connectivity index (χ4v) is 2.66. The van der Waals surface area contributed by atoms with Crippen molar-refractivity contribution in [3.63, 3.8) is 0 Å². The molecule has 1 fully saturated rings. The van der Waals surface area contributed by atoms with Crippen molar-refractivity contribution in [2.75, 3.05) is 0 Å². The Morgan fingerprint density at radius 2 is 1.67 bits per heavy atom. The molecule has 0 spiro atoms. The summed E-state index contributed by atoms with van der Waals surface area (Å²) in [5, 5.41) is 0. The SMILES string of the molecule is CCC1(C)OS(=O)(=O)OC1(C)C. The summed E-state index contributed by atoms with van der Waals surface area (Å²) in [6, 6.07) is 0. The third-order valence-electron chi connectivity index (χ3n) is 2.54. The number of rotatable bonds is 1. The first-order chi connectivity index (χ1) is 5.22. The molecule has 0 radical (unpaired) electrons. The molecule has 0 aromatic heterocycles. The van der Waals surface area contributed by atoms with Crippen molar-refractivity contribution < 1.29 is 16.8 Å². The van der Waals surface area contributed by atoms with Crippen molar-refractivity contribution in [3.05, 3.63) is 0 Å². The van der Waals surface area contributed by atoms with Crippen LogP contribution in [0.1, 0.15) is 34.1 Å². The molecule has 0 saturated carbocycles. The molecule has 0 aromatic carbocycles. The van der Waals surface area contributed by atoms with E-state index in [-0.39, 0.29) is 0 Å². The highest BCUT2D eigenvalue weighted by atomic mass is 32.3. The van der Waals surface area contributed by atoms with Crippen LogP contribution in [0.2, 0.25) is 0 Å². The molecule has 0 bridgehead atoms. The maximum absolute atomic E-state index is 11.0. The Balaban J connectivity index is 3.08. The molecular formula is C7H14O4S. The van der Waals surface area contributed by atoms with Gasteiger partial charge in [-0.15, -0.1) is 0 Å². The van der Waals surface area contributed by atoms with E-state index in [0.717, 1.165) is 0 Å². The van der Waals surface area contributed by atoms with Crippen LogP contribution in [0.4, 0.5) is 0 Å². The average Bonchev–Trinajstić information content (AvgIpc) is 1.98. The molecule has 5 heteroatoms. The summed E-state index contributed by atoms with van der Waals surface area (Å²) in [6.07, 6.45) is 0.596. The van der Waals surface area contributed by atoms with Crippen LogP contribution in [0.3, 0.4) is 0 Å². The number of hydrogen-bond donors (Lipinski definition) is 0. The van der Waals surface area contributed by atoms with Crippen molar-refractivity contribution in [3.8, 4) is 0 Å².